The summed E-state index contributed by atoms with van der Waals surface area (Å²) in [6.45, 7) is 0. The number of hydrogen-bond acceptors (Lipinski definition) is 4. The fourth-order valence-electron chi connectivity index (χ4n) is 1.63. The number of nitrogen functional groups attached to an aromatic ring is 1. The third-order valence-corrected chi connectivity index (χ3v) is 2.42. The molecule has 2 rings (SSSR count). The minimum Gasteiger partial charge on any atom is -0.494 e. The number of hydrazine groups is 1. The van der Waals surface area contributed by atoms with Gasteiger partial charge in [-0.05, 0) is 12.1 Å². The average Bonchev–Trinajstić information content (AvgIpc) is 2.36. The summed E-state index contributed by atoms with van der Waals surface area (Å²) >= 11 is 0. The van der Waals surface area contributed by atoms with Crippen molar-refractivity contribution >= 4 is 16.6 Å². The molecule has 4 nitrogen and oxygen atoms in total. The van der Waals surface area contributed by atoms with Crippen LogP contribution in [0.3, 0.4) is 0 Å². The van der Waals surface area contributed by atoms with Gasteiger partial charge in [0.2, 0.25) is 0 Å². The zero-order valence-electron chi connectivity index (χ0n) is 9.08. The molecule has 0 aliphatic heterocycles. The van der Waals surface area contributed by atoms with Crippen molar-refractivity contribution < 1.29 is 13.5 Å². The van der Waals surface area contributed by atoms with Crippen molar-refractivity contribution in [3.8, 4) is 5.75 Å². The van der Waals surface area contributed by atoms with Crippen LogP contribution in [-0.2, 0) is 0 Å². The van der Waals surface area contributed by atoms with E-state index in [1.807, 2.05) is 0 Å². The van der Waals surface area contributed by atoms with Crippen molar-refractivity contribution in [2.75, 3.05) is 12.5 Å². The number of methoxy groups -OCH3 is 1. The Morgan fingerprint density at radius 2 is 2.18 bits per heavy atom. The molecule has 6 heteroatoms. The van der Waals surface area contributed by atoms with Crippen molar-refractivity contribution in [3.05, 3.63) is 30.0 Å². The molecule has 1 heterocycles. The second kappa shape index (κ2) is 4.50. The van der Waals surface area contributed by atoms with Gasteiger partial charge < -0.3 is 10.2 Å². The Balaban J connectivity index is 2.74. The van der Waals surface area contributed by atoms with Crippen LogP contribution < -0.4 is 16.0 Å². The predicted molar refractivity (Wildman–Crippen MR) is 61.1 cm³/mol. The number of ether oxygens (including phenoxy) is 1. The number of rotatable bonds is 3. The maximum absolute atomic E-state index is 12.8. The van der Waals surface area contributed by atoms with Gasteiger partial charge in [-0.25, -0.2) is 13.8 Å². The summed E-state index contributed by atoms with van der Waals surface area (Å²) in [5.41, 5.74) is 2.34. The third-order valence-electron chi connectivity index (χ3n) is 2.42. The largest absolute Gasteiger partial charge is 0.494 e. The molecule has 0 bridgehead atoms. The van der Waals surface area contributed by atoms with E-state index in [1.54, 1.807) is 18.2 Å². The van der Waals surface area contributed by atoms with Gasteiger partial charge in [-0.2, -0.15) is 0 Å². The molecule has 90 valence electrons. The van der Waals surface area contributed by atoms with Crippen LogP contribution in [-0.4, -0.2) is 12.1 Å². The highest BCUT2D eigenvalue weighted by Crippen LogP contribution is 2.31. The highest BCUT2D eigenvalue weighted by atomic mass is 19.3. The van der Waals surface area contributed by atoms with Crippen molar-refractivity contribution in [1.82, 2.24) is 4.98 Å². The standard InChI is InChI=1S/C11H11F2N3O/c1-17-8-4-2-3-6-5-7(16-14)10(11(12)13)15-9(6)8/h2-5,11,16H,14H2,1H3. The normalized spacial score (nSPS) is 10.9. The van der Waals surface area contributed by atoms with Gasteiger partial charge in [0.15, 0.2) is 0 Å². The van der Waals surface area contributed by atoms with Gasteiger partial charge in [-0.1, -0.05) is 12.1 Å². The number of benzene rings is 1. The van der Waals surface area contributed by atoms with Crippen LogP contribution in [0.15, 0.2) is 24.3 Å². The van der Waals surface area contributed by atoms with Gasteiger partial charge in [0.1, 0.15) is 17.0 Å². The maximum atomic E-state index is 12.8. The van der Waals surface area contributed by atoms with Crippen LogP contribution >= 0.6 is 0 Å². The number of nitrogens with one attached hydrogen (secondary N) is 1. The Bertz CT molecular complexity index is 545. The second-order valence-electron chi connectivity index (χ2n) is 3.40. The number of pyridine rings is 1. The second-order valence-corrected chi connectivity index (χ2v) is 3.40. The molecule has 17 heavy (non-hydrogen) atoms. The van der Waals surface area contributed by atoms with Crippen LogP contribution in [0.25, 0.3) is 10.9 Å². The maximum Gasteiger partial charge on any atom is 0.282 e. The van der Waals surface area contributed by atoms with E-state index in [2.05, 4.69) is 10.4 Å². The molecule has 0 radical (unpaired) electrons. The minimum atomic E-state index is -2.70. The van der Waals surface area contributed by atoms with Crippen molar-refractivity contribution in [2.45, 2.75) is 6.43 Å². The molecule has 0 spiro atoms. The van der Waals surface area contributed by atoms with Crippen molar-refractivity contribution in [3.63, 3.8) is 0 Å². The summed E-state index contributed by atoms with van der Waals surface area (Å²) in [6.07, 6.45) is -2.70. The number of hydrogen-bond donors (Lipinski definition) is 2. The number of alkyl halides is 2. The first kappa shape index (κ1) is 11.5. The quantitative estimate of drug-likeness (QED) is 0.638. The lowest BCUT2D eigenvalue weighted by Gasteiger charge is -2.11. The number of aromatic nitrogens is 1. The number of nitrogens with two attached hydrogens (primary N) is 1. The molecule has 0 unspecified atom stereocenters. The number of halogens is 2. The Morgan fingerprint density at radius 1 is 1.41 bits per heavy atom. The van der Waals surface area contributed by atoms with Gasteiger partial charge in [0, 0.05) is 5.39 Å². The van der Waals surface area contributed by atoms with E-state index in [-0.39, 0.29) is 11.4 Å². The Labute approximate surface area is 96.4 Å². The highest BCUT2D eigenvalue weighted by molar-refractivity contribution is 5.87. The monoisotopic (exact) mass is 239 g/mol. The lowest BCUT2D eigenvalue weighted by atomic mass is 10.1. The number of para-hydroxylation sites is 1. The molecule has 2 aromatic rings. The number of nitrogens with zero attached hydrogens (tertiary/aromatic N) is 1. The predicted octanol–water partition coefficient (Wildman–Crippen LogP) is 2.47. The van der Waals surface area contributed by atoms with E-state index in [9.17, 15) is 8.78 Å². The molecule has 0 fully saturated rings. The fraction of sp³-hybridized carbons (Fsp3) is 0.182. The van der Waals surface area contributed by atoms with Crippen LogP contribution in [0.2, 0.25) is 0 Å². The van der Waals surface area contributed by atoms with Crippen LogP contribution in [0.1, 0.15) is 12.1 Å². The molecular formula is C11H11F2N3O. The molecule has 0 aliphatic rings. The zero-order valence-corrected chi connectivity index (χ0v) is 9.08. The molecule has 1 aromatic heterocycles. The van der Waals surface area contributed by atoms with E-state index in [1.165, 1.54) is 13.2 Å². The zero-order chi connectivity index (χ0) is 12.4. The summed E-state index contributed by atoms with van der Waals surface area (Å²) in [4.78, 5) is 3.90. The molecule has 0 saturated carbocycles. The Kier molecular flexibility index (Phi) is 3.06. The highest BCUT2D eigenvalue weighted by Gasteiger charge is 2.17. The first-order chi connectivity index (χ1) is 8.17. The summed E-state index contributed by atoms with van der Waals surface area (Å²) < 4.78 is 30.6. The van der Waals surface area contributed by atoms with Gasteiger partial charge in [-0.3, -0.25) is 5.84 Å². The summed E-state index contributed by atoms with van der Waals surface area (Å²) in [5, 5.41) is 0.682. The first-order valence-corrected chi connectivity index (χ1v) is 4.89. The Morgan fingerprint density at radius 3 is 2.76 bits per heavy atom. The number of anilines is 1. The Hall–Kier alpha value is -1.95. The van der Waals surface area contributed by atoms with Gasteiger partial charge in [0.05, 0.1) is 12.8 Å². The molecule has 0 saturated heterocycles. The van der Waals surface area contributed by atoms with Gasteiger partial charge >= 0.3 is 0 Å². The van der Waals surface area contributed by atoms with Crippen LogP contribution in [0, 0.1) is 0 Å². The lowest BCUT2D eigenvalue weighted by molar-refractivity contribution is 0.147. The molecule has 0 atom stereocenters. The van der Waals surface area contributed by atoms with Gasteiger partial charge in [0.25, 0.3) is 6.43 Å². The minimum absolute atomic E-state index is 0.112. The van der Waals surface area contributed by atoms with E-state index in [0.717, 1.165) is 0 Å². The van der Waals surface area contributed by atoms with E-state index < -0.39 is 6.43 Å². The smallest absolute Gasteiger partial charge is 0.282 e. The topological polar surface area (TPSA) is 60.2 Å². The van der Waals surface area contributed by atoms with E-state index in [4.69, 9.17) is 10.6 Å². The van der Waals surface area contributed by atoms with Crippen LogP contribution in [0.4, 0.5) is 14.5 Å². The number of fused-ring (bicyclic) bond motifs is 1. The molecule has 0 aliphatic carbocycles. The average molecular weight is 239 g/mol. The summed E-state index contributed by atoms with van der Waals surface area (Å²) in [6, 6.07) is 6.69. The SMILES string of the molecule is COc1cccc2cc(NN)c(C(F)F)nc12. The molecule has 0 amide bonds. The molecule has 3 N–H and O–H groups in total. The summed E-state index contributed by atoms with van der Waals surface area (Å²) in [5.74, 6) is 5.65. The van der Waals surface area contributed by atoms with Crippen molar-refractivity contribution in [1.29, 1.82) is 0 Å². The van der Waals surface area contributed by atoms with Gasteiger partial charge in [-0.15, -0.1) is 0 Å². The molecular weight excluding hydrogens is 228 g/mol. The first-order valence-electron chi connectivity index (χ1n) is 4.89. The summed E-state index contributed by atoms with van der Waals surface area (Å²) in [7, 11) is 1.47. The molecule has 1 aromatic carbocycles. The van der Waals surface area contributed by atoms with Crippen LogP contribution in [0.5, 0.6) is 5.75 Å². The fourth-order valence-corrected chi connectivity index (χ4v) is 1.63. The van der Waals surface area contributed by atoms with Crippen molar-refractivity contribution in [2.24, 2.45) is 5.84 Å². The van der Waals surface area contributed by atoms with E-state index in [0.29, 0.717) is 16.7 Å². The van der Waals surface area contributed by atoms with E-state index >= 15 is 0 Å². The third kappa shape index (κ3) is 1.99. The lowest BCUT2D eigenvalue weighted by Crippen LogP contribution is -2.11.